The van der Waals surface area contributed by atoms with Crippen LogP contribution in [0.3, 0.4) is 0 Å². The Bertz CT molecular complexity index is 1060. The van der Waals surface area contributed by atoms with Gasteiger partial charge in [0.2, 0.25) is 11.8 Å². The molecule has 0 aliphatic carbocycles. The van der Waals surface area contributed by atoms with E-state index in [1.807, 2.05) is 63.4 Å². The fraction of sp³-hybridized carbons (Fsp3) is 0.292. The van der Waals surface area contributed by atoms with Crippen LogP contribution < -0.4 is 10.6 Å². The molecule has 0 spiro atoms. The van der Waals surface area contributed by atoms with Gasteiger partial charge >= 0.3 is 0 Å². The van der Waals surface area contributed by atoms with Crippen LogP contribution in [0.5, 0.6) is 0 Å². The fourth-order valence-corrected chi connectivity index (χ4v) is 5.03. The Balaban J connectivity index is 1.77. The van der Waals surface area contributed by atoms with E-state index in [2.05, 4.69) is 16.7 Å². The molecule has 1 heterocycles. The SMILES string of the molecule is CSc1ccc([C@H]2CC(=O)NC(SCC(=O)Nc3c(C)cc(C)cc3C)=C2C#N)cc1. The van der Waals surface area contributed by atoms with Crippen molar-refractivity contribution in [3.8, 4) is 6.07 Å². The van der Waals surface area contributed by atoms with Crippen LogP contribution in [0, 0.1) is 32.1 Å². The number of hydrogen-bond acceptors (Lipinski definition) is 5. The first-order valence-corrected chi connectivity index (χ1v) is 12.1. The standard InChI is InChI=1S/C24H25N3O2S2/c1-14-9-15(2)23(16(3)10-14)26-22(29)13-31-24-20(12-25)19(11-21(28)27-24)17-5-7-18(30-4)8-6-17/h5-10,19H,11,13H2,1-4H3,(H,26,29)(H,27,28)/t19-/m1/s1. The zero-order chi connectivity index (χ0) is 22.5. The monoisotopic (exact) mass is 451 g/mol. The highest BCUT2D eigenvalue weighted by Crippen LogP contribution is 2.36. The molecule has 3 rings (SSSR count). The molecule has 1 atom stereocenters. The van der Waals surface area contributed by atoms with Gasteiger partial charge in [0.05, 0.1) is 22.4 Å². The highest BCUT2D eigenvalue weighted by molar-refractivity contribution is 8.03. The molecule has 2 aromatic rings. The molecule has 1 aliphatic rings. The second kappa shape index (κ2) is 10.1. The Morgan fingerprint density at radius 1 is 1.19 bits per heavy atom. The minimum Gasteiger partial charge on any atom is -0.325 e. The van der Waals surface area contributed by atoms with Crippen LogP contribution in [-0.4, -0.2) is 23.8 Å². The average molecular weight is 452 g/mol. The van der Waals surface area contributed by atoms with Crippen molar-refractivity contribution in [3.05, 3.63) is 69.3 Å². The van der Waals surface area contributed by atoms with Crippen LogP contribution in [-0.2, 0) is 9.59 Å². The van der Waals surface area contributed by atoms with Crippen LogP contribution in [0.1, 0.15) is 34.6 Å². The minimum absolute atomic E-state index is 0.103. The van der Waals surface area contributed by atoms with E-state index in [1.165, 1.54) is 11.8 Å². The molecule has 0 aromatic heterocycles. The number of nitrogens with zero attached hydrogens (tertiary/aromatic N) is 1. The van der Waals surface area contributed by atoms with Crippen molar-refractivity contribution in [2.75, 3.05) is 17.3 Å². The Labute approximate surface area is 191 Å². The summed E-state index contributed by atoms with van der Waals surface area (Å²) in [6.07, 6.45) is 2.22. The van der Waals surface area contributed by atoms with Gasteiger partial charge in [-0.2, -0.15) is 5.26 Å². The van der Waals surface area contributed by atoms with Gasteiger partial charge < -0.3 is 10.6 Å². The van der Waals surface area contributed by atoms with Crippen molar-refractivity contribution < 1.29 is 9.59 Å². The second-order valence-corrected chi connectivity index (χ2v) is 9.41. The van der Waals surface area contributed by atoms with Gasteiger partial charge in [-0.3, -0.25) is 9.59 Å². The summed E-state index contributed by atoms with van der Waals surface area (Å²) in [5, 5.41) is 16.0. The van der Waals surface area contributed by atoms with Gasteiger partial charge in [-0.25, -0.2) is 0 Å². The fourth-order valence-electron chi connectivity index (χ4n) is 3.74. The number of thioether (sulfide) groups is 2. The maximum absolute atomic E-state index is 12.6. The van der Waals surface area contributed by atoms with Crippen molar-refractivity contribution in [3.63, 3.8) is 0 Å². The molecule has 0 saturated heterocycles. The molecule has 0 unspecified atom stereocenters. The van der Waals surface area contributed by atoms with Crippen molar-refractivity contribution in [1.82, 2.24) is 5.32 Å². The zero-order valence-corrected chi connectivity index (χ0v) is 19.7. The molecule has 7 heteroatoms. The summed E-state index contributed by atoms with van der Waals surface area (Å²) in [5.74, 6) is -0.524. The first-order chi connectivity index (χ1) is 14.8. The van der Waals surface area contributed by atoms with Gasteiger partial charge in [0, 0.05) is 22.9 Å². The van der Waals surface area contributed by atoms with E-state index in [9.17, 15) is 14.9 Å². The number of anilines is 1. The topological polar surface area (TPSA) is 82.0 Å². The average Bonchev–Trinajstić information content (AvgIpc) is 2.74. The Kier molecular flexibility index (Phi) is 7.47. The van der Waals surface area contributed by atoms with Gasteiger partial charge in [0.25, 0.3) is 0 Å². The van der Waals surface area contributed by atoms with Crippen molar-refractivity contribution >= 4 is 41.0 Å². The summed E-state index contributed by atoms with van der Waals surface area (Å²) in [6.45, 7) is 5.95. The molecule has 2 aromatic carbocycles. The Morgan fingerprint density at radius 3 is 2.42 bits per heavy atom. The van der Waals surface area contributed by atoms with E-state index < -0.39 is 0 Å². The van der Waals surface area contributed by atoms with Crippen molar-refractivity contribution in [1.29, 1.82) is 5.26 Å². The predicted octanol–water partition coefficient (Wildman–Crippen LogP) is 5.04. The van der Waals surface area contributed by atoms with Crippen LogP contribution in [0.25, 0.3) is 0 Å². The molecule has 0 saturated carbocycles. The summed E-state index contributed by atoms with van der Waals surface area (Å²) in [7, 11) is 0. The molecule has 160 valence electrons. The number of amides is 2. The maximum Gasteiger partial charge on any atom is 0.234 e. The number of nitrogens with one attached hydrogen (secondary N) is 2. The lowest BCUT2D eigenvalue weighted by atomic mass is 9.87. The van der Waals surface area contributed by atoms with Crippen LogP contribution in [0.15, 0.2) is 51.9 Å². The van der Waals surface area contributed by atoms with Gasteiger partial charge in [-0.1, -0.05) is 41.6 Å². The van der Waals surface area contributed by atoms with Crippen LogP contribution >= 0.6 is 23.5 Å². The van der Waals surface area contributed by atoms with E-state index in [0.717, 1.165) is 32.8 Å². The third-order valence-electron chi connectivity index (χ3n) is 5.16. The quantitative estimate of drug-likeness (QED) is 0.601. The Hall–Kier alpha value is -2.69. The van der Waals surface area contributed by atoms with Gasteiger partial charge in [-0.05, 0) is 55.9 Å². The first kappa shape index (κ1) is 23.0. The van der Waals surface area contributed by atoms with E-state index in [1.54, 1.807) is 11.8 Å². The van der Waals surface area contributed by atoms with Gasteiger partial charge in [0.1, 0.15) is 0 Å². The molecule has 0 bridgehead atoms. The van der Waals surface area contributed by atoms with Crippen molar-refractivity contribution in [2.24, 2.45) is 0 Å². The summed E-state index contributed by atoms with van der Waals surface area (Å²) in [5.41, 5.74) is 5.40. The molecule has 0 fully saturated rings. The summed E-state index contributed by atoms with van der Waals surface area (Å²) >= 11 is 2.83. The van der Waals surface area contributed by atoms with Crippen LogP contribution in [0.2, 0.25) is 0 Å². The van der Waals surface area contributed by atoms with Gasteiger partial charge in [-0.15, -0.1) is 11.8 Å². The lowest BCUT2D eigenvalue weighted by Gasteiger charge is -2.25. The molecule has 1 aliphatic heterocycles. The number of nitriles is 1. The number of allylic oxidation sites excluding steroid dienone is 1. The Morgan fingerprint density at radius 2 is 1.84 bits per heavy atom. The minimum atomic E-state index is -0.304. The van der Waals surface area contributed by atoms with E-state index in [4.69, 9.17) is 0 Å². The predicted molar refractivity (Wildman–Crippen MR) is 128 cm³/mol. The lowest BCUT2D eigenvalue weighted by Crippen LogP contribution is -2.31. The smallest absolute Gasteiger partial charge is 0.234 e. The number of benzene rings is 2. The third-order valence-corrected chi connectivity index (χ3v) is 6.92. The first-order valence-electron chi connectivity index (χ1n) is 9.91. The normalized spacial score (nSPS) is 16.0. The molecule has 5 nitrogen and oxygen atoms in total. The largest absolute Gasteiger partial charge is 0.325 e. The highest BCUT2D eigenvalue weighted by Gasteiger charge is 2.30. The third kappa shape index (κ3) is 5.52. The zero-order valence-electron chi connectivity index (χ0n) is 18.0. The number of aryl methyl sites for hydroxylation is 3. The maximum atomic E-state index is 12.6. The second-order valence-electron chi connectivity index (χ2n) is 7.54. The molecular weight excluding hydrogens is 426 g/mol. The molecule has 31 heavy (non-hydrogen) atoms. The summed E-state index contributed by atoms with van der Waals surface area (Å²) in [4.78, 5) is 26.0. The van der Waals surface area contributed by atoms with E-state index in [-0.39, 0.29) is 29.9 Å². The lowest BCUT2D eigenvalue weighted by molar-refractivity contribution is -0.121. The number of carbonyl (C=O) groups excluding carboxylic acids is 2. The highest BCUT2D eigenvalue weighted by atomic mass is 32.2. The molecule has 0 radical (unpaired) electrons. The molecular formula is C24H25N3O2S2. The number of hydrogen-bond donors (Lipinski definition) is 2. The number of carbonyl (C=O) groups is 2. The molecule has 2 N–H and O–H groups in total. The number of rotatable bonds is 6. The molecule has 2 amide bonds. The van der Waals surface area contributed by atoms with Crippen molar-refractivity contribution in [2.45, 2.75) is 38.0 Å². The van der Waals surface area contributed by atoms with Gasteiger partial charge in [0.15, 0.2) is 0 Å². The summed E-state index contributed by atoms with van der Waals surface area (Å²) < 4.78 is 0. The van der Waals surface area contributed by atoms with E-state index >= 15 is 0 Å². The van der Waals surface area contributed by atoms with Crippen LogP contribution in [0.4, 0.5) is 5.69 Å². The van der Waals surface area contributed by atoms with E-state index in [0.29, 0.717) is 10.6 Å². The summed E-state index contributed by atoms with van der Waals surface area (Å²) in [6, 6.07) is 14.2.